The molecule has 1 aliphatic heterocycles. The number of benzene rings is 2. The molecule has 2 heterocycles. The number of rotatable bonds is 1. The van der Waals surface area contributed by atoms with Crippen molar-refractivity contribution in [2.75, 3.05) is 17.8 Å². The highest BCUT2D eigenvalue weighted by molar-refractivity contribution is 7.99. The van der Waals surface area contributed by atoms with Gasteiger partial charge in [0.05, 0.1) is 17.1 Å². The number of hydrogen-bond acceptors (Lipinski definition) is 4. The molecular weight excluding hydrogens is 456 g/mol. The lowest BCUT2D eigenvalue weighted by Crippen LogP contribution is -2.31. The molecule has 0 radical (unpaired) electrons. The molecule has 3 aromatic rings. The summed E-state index contributed by atoms with van der Waals surface area (Å²) >= 11 is 0.634. The second-order valence-corrected chi connectivity index (χ2v) is 9.84. The Morgan fingerprint density at radius 1 is 1.12 bits per heavy atom. The van der Waals surface area contributed by atoms with E-state index in [1.165, 1.54) is 24.1 Å². The molecule has 0 saturated carbocycles. The molecular formula is C21H19F6N3OS. The number of alkyl halides is 6. The largest absolute Gasteiger partial charge is 0.454 e. The van der Waals surface area contributed by atoms with E-state index in [2.05, 4.69) is 5.10 Å². The van der Waals surface area contributed by atoms with Gasteiger partial charge in [-0.25, -0.2) is 0 Å². The topological polar surface area (TPSA) is 38.1 Å². The van der Waals surface area contributed by atoms with Crippen molar-refractivity contribution in [3.8, 4) is 0 Å². The minimum atomic E-state index is -5.19. The second-order valence-electron chi connectivity index (χ2n) is 8.77. The Balaban J connectivity index is 2.16. The number of anilines is 1. The number of ketones is 1. The van der Waals surface area contributed by atoms with Gasteiger partial charge in [0.15, 0.2) is 0 Å². The number of carbonyl (C=O) groups excluding carboxylic acids is 1. The fourth-order valence-electron chi connectivity index (χ4n) is 3.92. The van der Waals surface area contributed by atoms with Gasteiger partial charge in [0.1, 0.15) is 10.8 Å². The Kier molecular flexibility index (Phi) is 5.00. The van der Waals surface area contributed by atoms with Crippen LogP contribution in [0.1, 0.15) is 41.9 Å². The van der Waals surface area contributed by atoms with Crippen LogP contribution in [-0.2, 0) is 5.54 Å². The molecule has 32 heavy (non-hydrogen) atoms. The third-order valence-corrected chi connectivity index (χ3v) is 6.75. The molecule has 0 amide bonds. The van der Waals surface area contributed by atoms with E-state index < -0.39 is 34.5 Å². The quantitative estimate of drug-likeness (QED) is 0.300. The molecule has 4 nitrogen and oxygen atoms in total. The molecule has 4 rings (SSSR count). The van der Waals surface area contributed by atoms with Crippen molar-refractivity contribution < 1.29 is 31.1 Å². The van der Waals surface area contributed by atoms with Crippen LogP contribution in [0.25, 0.3) is 21.7 Å². The SMILES string of the molecule is CN1CSC(C(F)(F)F)c2ccc3c(c(C(=O)C(F)(F)F)cc4cn(C(C)(C)C)nc43)c21. The summed E-state index contributed by atoms with van der Waals surface area (Å²) in [5.41, 5.74) is -1.04. The van der Waals surface area contributed by atoms with Crippen molar-refractivity contribution >= 4 is 44.9 Å². The zero-order valence-corrected chi connectivity index (χ0v) is 18.3. The maximum atomic E-state index is 13.7. The van der Waals surface area contributed by atoms with Crippen molar-refractivity contribution in [2.45, 2.75) is 43.9 Å². The van der Waals surface area contributed by atoms with Gasteiger partial charge in [-0.2, -0.15) is 31.4 Å². The Morgan fingerprint density at radius 2 is 1.78 bits per heavy atom. The van der Waals surface area contributed by atoms with Crippen molar-refractivity contribution in [1.29, 1.82) is 0 Å². The van der Waals surface area contributed by atoms with Gasteiger partial charge in [-0.05, 0) is 32.4 Å². The van der Waals surface area contributed by atoms with Crippen LogP contribution in [-0.4, -0.2) is 40.8 Å². The Hall–Kier alpha value is -2.43. The highest BCUT2D eigenvalue weighted by Crippen LogP contribution is 2.53. The van der Waals surface area contributed by atoms with Crippen molar-refractivity contribution in [3.05, 3.63) is 35.5 Å². The minimum absolute atomic E-state index is 0.0246. The summed E-state index contributed by atoms with van der Waals surface area (Å²) in [5, 5.41) is 2.94. The predicted octanol–water partition coefficient (Wildman–Crippen LogP) is 6.43. The van der Waals surface area contributed by atoms with Crippen LogP contribution in [0.3, 0.4) is 0 Å². The molecule has 11 heteroatoms. The summed E-state index contributed by atoms with van der Waals surface area (Å²) in [6, 6.07) is 3.69. The van der Waals surface area contributed by atoms with Crippen LogP contribution in [0.2, 0.25) is 0 Å². The Labute approximate surface area is 183 Å². The number of fused-ring (bicyclic) bond motifs is 5. The van der Waals surface area contributed by atoms with Gasteiger partial charge in [0, 0.05) is 35.0 Å². The molecule has 1 unspecified atom stereocenters. The smallest absolute Gasteiger partial charge is 0.365 e. The van der Waals surface area contributed by atoms with Gasteiger partial charge in [-0.1, -0.05) is 12.1 Å². The molecule has 0 fully saturated rings. The highest BCUT2D eigenvalue weighted by Gasteiger charge is 2.46. The number of hydrogen-bond donors (Lipinski definition) is 0. The van der Waals surface area contributed by atoms with E-state index in [0.29, 0.717) is 22.7 Å². The summed E-state index contributed by atoms with van der Waals surface area (Å²) in [6.07, 6.45) is -8.24. The van der Waals surface area contributed by atoms with Crippen molar-refractivity contribution in [3.63, 3.8) is 0 Å². The number of Topliss-reactive ketones (excluding diaryl/α,β-unsaturated/α-hetero) is 1. The first kappa shape index (κ1) is 22.8. The average molecular weight is 475 g/mol. The fraction of sp³-hybridized carbons (Fsp3) is 0.429. The zero-order valence-electron chi connectivity index (χ0n) is 17.5. The van der Waals surface area contributed by atoms with Gasteiger partial charge in [-0.15, -0.1) is 11.8 Å². The fourth-order valence-corrected chi connectivity index (χ4v) is 4.98. The normalized spacial score (nSPS) is 17.8. The van der Waals surface area contributed by atoms with E-state index in [4.69, 9.17) is 0 Å². The summed E-state index contributed by atoms with van der Waals surface area (Å²) < 4.78 is 83.1. The van der Waals surface area contributed by atoms with E-state index in [-0.39, 0.29) is 27.9 Å². The molecule has 1 aromatic heterocycles. The van der Waals surface area contributed by atoms with E-state index in [1.807, 2.05) is 20.8 Å². The Bertz CT molecular complexity index is 1240. The summed E-state index contributed by atoms with van der Waals surface area (Å²) in [7, 11) is 1.50. The van der Waals surface area contributed by atoms with Crippen LogP contribution >= 0.6 is 11.8 Å². The zero-order chi connectivity index (χ0) is 23.8. The lowest BCUT2D eigenvalue weighted by atomic mass is 9.93. The summed E-state index contributed by atoms with van der Waals surface area (Å²) in [4.78, 5) is 13.8. The van der Waals surface area contributed by atoms with Gasteiger partial charge in [0.2, 0.25) is 0 Å². The van der Waals surface area contributed by atoms with Crippen LogP contribution in [0, 0.1) is 0 Å². The van der Waals surface area contributed by atoms with Crippen LogP contribution < -0.4 is 4.90 Å². The number of thioether (sulfide) groups is 1. The van der Waals surface area contributed by atoms with Gasteiger partial charge in [0.25, 0.3) is 5.78 Å². The first-order valence-electron chi connectivity index (χ1n) is 9.61. The second kappa shape index (κ2) is 7.03. The van der Waals surface area contributed by atoms with Gasteiger partial charge in [-0.3, -0.25) is 9.48 Å². The van der Waals surface area contributed by atoms with Crippen molar-refractivity contribution in [1.82, 2.24) is 9.78 Å². The molecule has 0 N–H and O–H groups in total. The highest BCUT2D eigenvalue weighted by atomic mass is 32.2. The molecule has 0 bridgehead atoms. The lowest BCUT2D eigenvalue weighted by Gasteiger charge is -2.35. The molecule has 1 atom stereocenters. The predicted molar refractivity (Wildman–Crippen MR) is 112 cm³/mol. The Morgan fingerprint density at radius 3 is 2.34 bits per heavy atom. The van der Waals surface area contributed by atoms with Crippen LogP contribution in [0.15, 0.2) is 24.4 Å². The summed E-state index contributed by atoms with van der Waals surface area (Å²) in [5.74, 6) is -2.19. The number of halogens is 6. The third kappa shape index (κ3) is 3.60. The molecule has 1 aliphatic rings. The molecule has 2 aromatic carbocycles. The van der Waals surface area contributed by atoms with Crippen LogP contribution in [0.5, 0.6) is 0 Å². The van der Waals surface area contributed by atoms with Crippen molar-refractivity contribution in [2.24, 2.45) is 0 Å². The van der Waals surface area contributed by atoms with E-state index >= 15 is 0 Å². The molecule has 0 spiro atoms. The van der Waals surface area contributed by atoms with E-state index in [9.17, 15) is 31.1 Å². The average Bonchev–Trinajstić information content (AvgIpc) is 3.09. The van der Waals surface area contributed by atoms with Gasteiger partial charge >= 0.3 is 12.4 Å². The number of nitrogens with zero attached hydrogens (tertiary/aromatic N) is 3. The third-order valence-electron chi connectivity index (χ3n) is 5.36. The minimum Gasteiger partial charge on any atom is -0.365 e. The maximum Gasteiger partial charge on any atom is 0.454 e. The molecule has 0 saturated heterocycles. The standard InChI is InChI=1S/C21H19F6N3OS/c1-19(2,3)30-8-10-7-13(17(31)20(22,23)24)14-11(15(10)28-30)5-6-12-16(14)29(4)9-32-18(12)21(25,26)27/h5-8,18H,9H2,1-4H3. The lowest BCUT2D eigenvalue weighted by molar-refractivity contribution is -0.129. The maximum absolute atomic E-state index is 13.7. The van der Waals surface area contributed by atoms with Crippen LogP contribution in [0.4, 0.5) is 32.0 Å². The molecule has 0 aliphatic carbocycles. The van der Waals surface area contributed by atoms with E-state index in [0.717, 1.165) is 6.07 Å². The van der Waals surface area contributed by atoms with E-state index in [1.54, 1.807) is 10.9 Å². The summed E-state index contributed by atoms with van der Waals surface area (Å²) in [6.45, 7) is 5.55. The van der Waals surface area contributed by atoms with Gasteiger partial charge < -0.3 is 4.90 Å². The molecule has 172 valence electrons. The number of aromatic nitrogens is 2. The first-order chi connectivity index (χ1) is 14.6. The number of carbonyl (C=O) groups is 1. The monoisotopic (exact) mass is 475 g/mol. The first-order valence-corrected chi connectivity index (χ1v) is 10.7.